The fourth-order valence-corrected chi connectivity index (χ4v) is 7.16. The maximum absolute atomic E-state index is 11.9. The van der Waals surface area contributed by atoms with Gasteiger partial charge in [-0.2, -0.15) is 0 Å². The van der Waals surface area contributed by atoms with Gasteiger partial charge in [-0.05, 0) is 18.8 Å². The Kier molecular flexibility index (Phi) is 41.2. The van der Waals surface area contributed by atoms with Crippen LogP contribution in [0.15, 0.2) is 0 Å². The lowest BCUT2D eigenvalue weighted by Gasteiger charge is -2.22. The Hall–Kier alpha value is 0.0500. The zero-order valence-corrected chi connectivity index (χ0v) is 32.2. The monoisotopic (exact) mass is 664 g/mol. The summed E-state index contributed by atoms with van der Waals surface area (Å²) in [5, 5.41) is 2.99. The highest BCUT2D eigenvalue weighted by atomic mass is 33.1. The minimum Gasteiger partial charge on any atom is -0.376 e. The van der Waals surface area contributed by atoms with Crippen molar-refractivity contribution in [2.75, 3.05) is 45.0 Å². The number of carbonyl (C=O) groups excluding carboxylic acids is 1. The minimum atomic E-state index is 0.0221. The van der Waals surface area contributed by atoms with Crippen molar-refractivity contribution in [1.29, 1.82) is 0 Å². The number of methoxy groups -OCH3 is 1. The van der Waals surface area contributed by atoms with Gasteiger partial charge in [0.15, 0.2) is 0 Å². The predicted octanol–water partition coefficient (Wildman–Crippen LogP) is 11.4. The van der Waals surface area contributed by atoms with Gasteiger partial charge < -0.3 is 19.5 Å². The van der Waals surface area contributed by atoms with Gasteiger partial charge >= 0.3 is 0 Å². The molecule has 1 N–H and O–H groups in total. The summed E-state index contributed by atoms with van der Waals surface area (Å²) < 4.78 is 16.5. The first-order valence-electron chi connectivity index (χ1n) is 18.9. The molecule has 1 amide bonds. The Morgan fingerprint density at radius 2 is 1.25 bits per heavy atom. The zero-order chi connectivity index (χ0) is 32.9. The van der Waals surface area contributed by atoms with E-state index in [0.29, 0.717) is 32.8 Å². The topological polar surface area (TPSA) is 56.8 Å². The van der Waals surface area contributed by atoms with Gasteiger partial charge in [0, 0.05) is 38.2 Å². The van der Waals surface area contributed by atoms with Gasteiger partial charge in [-0.3, -0.25) is 4.79 Å². The van der Waals surface area contributed by atoms with Gasteiger partial charge in [-0.15, -0.1) is 0 Å². The summed E-state index contributed by atoms with van der Waals surface area (Å²) in [6.45, 7) is 15.1. The predicted molar refractivity (Wildman–Crippen MR) is 199 cm³/mol. The third kappa shape index (κ3) is 30.7. The molecule has 1 saturated carbocycles. The molecule has 7 heteroatoms. The van der Waals surface area contributed by atoms with E-state index < -0.39 is 0 Å². The molecule has 1 heterocycles. The second-order valence-electron chi connectivity index (χ2n) is 11.6. The molecular formula is C37H77NO4S2. The molecule has 5 nitrogen and oxygen atoms in total. The number of carbonyl (C=O) groups is 1. The summed E-state index contributed by atoms with van der Waals surface area (Å²) in [5.41, 5.74) is 0. The van der Waals surface area contributed by atoms with Crippen LogP contribution >= 0.6 is 21.6 Å². The molecule has 0 spiro atoms. The van der Waals surface area contributed by atoms with Crippen molar-refractivity contribution in [1.82, 2.24) is 5.32 Å². The molecule has 2 fully saturated rings. The van der Waals surface area contributed by atoms with E-state index in [1.54, 1.807) is 7.11 Å². The molecule has 0 aromatic rings. The van der Waals surface area contributed by atoms with Gasteiger partial charge in [-0.1, -0.05) is 172 Å². The Bertz CT molecular complexity index is 549. The second-order valence-corrected chi connectivity index (χ2v) is 14.3. The third-order valence-corrected chi connectivity index (χ3v) is 10.6. The van der Waals surface area contributed by atoms with Gasteiger partial charge in [0.2, 0.25) is 5.91 Å². The maximum atomic E-state index is 11.9. The second kappa shape index (κ2) is 39.2. The molecule has 2 unspecified atom stereocenters. The summed E-state index contributed by atoms with van der Waals surface area (Å²) in [7, 11) is 5.44. The lowest BCUT2D eigenvalue weighted by atomic mass is 9.84. The number of hydrogen-bond acceptors (Lipinski definition) is 6. The summed E-state index contributed by atoms with van der Waals surface area (Å²) >= 11 is 0. The van der Waals surface area contributed by atoms with Crippen molar-refractivity contribution in [2.45, 2.75) is 182 Å². The van der Waals surface area contributed by atoms with Gasteiger partial charge in [0.1, 0.15) is 12.2 Å². The molecule has 44 heavy (non-hydrogen) atoms. The third-order valence-electron chi connectivity index (χ3n) is 8.14. The maximum Gasteiger partial charge on any atom is 0.220 e. The summed E-state index contributed by atoms with van der Waals surface area (Å²) in [6, 6.07) is 0. The molecule has 2 rings (SSSR count). The first kappa shape index (κ1) is 46.2. The van der Waals surface area contributed by atoms with Crippen LogP contribution in [0.1, 0.15) is 170 Å². The quantitative estimate of drug-likeness (QED) is 0.0734. The van der Waals surface area contributed by atoms with Crippen LogP contribution in [-0.4, -0.2) is 63.1 Å². The van der Waals surface area contributed by atoms with E-state index in [2.05, 4.69) is 19.2 Å². The lowest BCUT2D eigenvalue weighted by molar-refractivity contribution is -0.120. The average Bonchev–Trinajstić information content (AvgIpc) is 3.49. The Labute approximate surface area is 284 Å². The van der Waals surface area contributed by atoms with Gasteiger partial charge in [0.05, 0.1) is 13.2 Å². The first-order chi connectivity index (χ1) is 21.7. The van der Waals surface area contributed by atoms with Crippen molar-refractivity contribution in [3.8, 4) is 0 Å². The van der Waals surface area contributed by atoms with Crippen LogP contribution in [0, 0.1) is 5.92 Å². The largest absolute Gasteiger partial charge is 0.376 e. The molecule has 0 bridgehead atoms. The summed E-state index contributed by atoms with van der Waals surface area (Å²) in [5.74, 6) is 3.35. The van der Waals surface area contributed by atoms with E-state index in [-0.39, 0.29) is 18.1 Å². The number of hydrogen-bond donors (Lipinski definition) is 1. The Morgan fingerprint density at radius 3 is 1.73 bits per heavy atom. The lowest BCUT2D eigenvalue weighted by Crippen LogP contribution is -2.30. The van der Waals surface area contributed by atoms with Crippen molar-refractivity contribution < 1.29 is 19.0 Å². The zero-order valence-electron chi connectivity index (χ0n) is 30.6. The molecule has 1 saturated heterocycles. The minimum absolute atomic E-state index is 0.0221. The summed E-state index contributed by atoms with van der Waals surface area (Å²) in [4.78, 5) is 11.9. The van der Waals surface area contributed by atoms with Crippen LogP contribution in [0.4, 0.5) is 0 Å². The molecular weight excluding hydrogens is 587 g/mol. The average molecular weight is 664 g/mol. The smallest absolute Gasteiger partial charge is 0.220 e. The Morgan fingerprint density at radius 1 is 0.727 bits per heavy atom. The molecule has 1 aliphatic heterocycles. The first-order valence-corrected chi connectivity index (χ1v) is 21.4. The number of nitrogens with one attached hydrogen (secondary N) is 1. The molecule has 1 aliphatic carbocycles. The Balaban J connectivity index is 0. The van der Waals surface area contributed by atoms with Crippen LogP contribution in [0.2, 0.25) is 0 Å². The molecule has 2 aliphatic rings. The van der Waals surface area contributed by atoms with Crippen molar-refractivity contribution in [3.63, 3.8) is 0 Å². The van der Waals surface area contributed by atoms with Gasteiger partial charge in [0.25, 0.3) is 0 Å². The van der Waals surface area contributed by atoms with Crippen molar-refractivity contribution in [2.24, 2.45) is 5.92 Å². The number of ether oxygens (including phenoxy) is 3. The fraction of sp³-hybridized carbons (Fsp3) is 0.973. The normalized spacial score (nSPS) is 17.3. The van der Waals surface area contributed by atoms with Crippen LogP contribution in [0.25, 0.3) is 0 Å². The number of unbranched alkanes of at least 4 members (excludes halogenated alkanes) is 13. The van der Waals surface area contributed by atoms with E-state index in [0.717, 1.165) is 18.1 Å². The van der Waals surface area contributed by atoms with E-state index in [4.69, 9.17) is 14.2 Å². The SMILES string of the molecule is CC.CC.CCC1CCC1.CCCCCCCCCCCCCCCCSSCCC(=O)NCCCOC1COCC1OC. The van der Waals surface area contributed by atoms with Crippen LogP contribution in [0.3, 0.4) is 0 Å². The summed E-state index contributed by atoms with van der Waals surface area (Å²) in [6.07, 6.45) is 27.1. The van der Waals surface area contributed by atoms with E-state index in [1.165, 1.54) is 121 Å². The van der Waals surface area contributed by atoms with E-state index in [9.17, 15) is 4.79 Å². The van der Waals surface area contributed by atoms with E-state index in [1.807, 2.05) is 49.3 Å². The number of amides is 1. The number of rotatable bonds is 26. The molecule has 0 aromatic carbocycles. The molecule has 2 atom stereocenters. The van der Waals surface area contributed by atoms with Crippen LogP contribution in [-0.2, 0) is 19.0 Å². The molecule has 0 radical (unpaired) electrons. The highest BCUT2D eigenvalue weighted by Gasteiger charge is 2.28. The van der Waals surface area contributed by atoms with Gasteiger partial charge in [-0.25, -0.2) is 0 Å². The van der Waals surface area contributed by atoms with Crippen molar-refractivity contribution >= 4 is 27.5 Å². The molecule has 266 valence electrons. The highest BCUT2D eigenvalue weighted by Crippen LogP contribution is 2.28. The van der Waals surface area contributed by atoms with Crippen molar-refractivity contribution in [3.05, 3.63) is 0 Å². The molecule has 0 aromatic heterocycles. The van der Waals surface area contributed by atoms with E-state index >= 15 is 0 Å². The highest BCUT2D eigenvalue weighted by molar-refractivity contribution is 8.76. The fourth-order valence-electron chi connectivity index (χ4n) is 5.02. The van der Waals surface area contributed by atoms with Crippen LogP contribution in [0.5, 0.6) is 0 Å². The van der Waals surface area contributed by atoms with Crippen LogP contribution < -0.4 is 5.32 Å². The standard InChI is InChI=1S/C27H53NO4S2.C6H12.2C2H6/c1-3-4-5-6-7-8-9-10-11-12-13-14-15-16-21-33-34-22-18-27(29)28-19-17-20-32-26-24-31-23-25(26)30-2;1-2-6-4-3-5-6;2*1-2/h25-26H,3-24H2,1-2H3,(H,28,29);6H,2-5H2,1H3;2*1-2H3.